The van der Waals surface area contributed by atoms with Crippen molar-refractivity contribution < 1.29 is 0 Å². The van der Waals surface area contributed by atoms with Crippen LogP contribution in [0.5, 0.6) is 0 Å². The average Bonchev–Trinajstić information content (AvgIpc) is 2.18. The maximum atomic E-state index is 4.36. The van der Waals surface area contributed by atoms with E-state index in [9.17, 15) is 0 Å². The Morgan fingerprint density at radius 3 is 2.79 bits per heavy atom. The molecule has 0 amide bonds. The summed E-state index contributed by atoms with van der Waals surface area (Å²) in [6.45, 7) is 5.70. The van der Waals surface area contributed by atoms with Crippen LogP contribution in [0, 0.1) is 0 Å². The molecule has 4 heteroatoms. The standard InChI is InChI=1S/C10H16N4/c1-5-8(2)12-9-6-11-7-10(13-9)14(3)4/h5-8H,1H2,2-4H3,(H,12,13). The Morgan fingerprint density at radius 2 is 2.21 bits per heavy atom. The van der Waals surface area contributed by atoms with Crippen molar-refractivity contribution in [2.75, 3.05) is 24.3 Å². The molecule has 1 unspecified atom stereocenters. The van der Waals surface area contributed by atoms with Crippen molar-refractivity contribution in [2.45, 2.75) is 13.0 Å². The molecule has 4 nitrogen and oxygen atoms in total. The number of rotatable bonds is 4. The second-order valence-corrected chi connectivity index (χ2v) is 3.33. The van der Waals surface area contributed by atoms with Gasteiger partial charge in [0.05, 0.1) is 12.4 Å². The topological polar surface area (TPSA) is 41.1 Å². The molecule has 0 saturated carbocycles. The van der Waals surface area contributed by atoms with Crippen molar-refractivity contribution in [3.05, 3.63) is 25.0 Å². The zero-order valence-corrected chi connectivity index (χ0v) is 8.86. The van der Waals surface area contributed by atoms with Crippen LogP contribution in [0.1, 0.15) is 6.92 Å². The highest BCUT2D eigenvalue weighted by Crippen LogP contribution is 2.09. The molecule has 0 aliphatic heterocycles. The third kappa shape index (κ3) is 2.73. The number of nitrogens with zero attached hydrogens (tertiary/aromatic N) is 3. The lowest BCUT2D eigenvalue weighted by Gasteiger charge is -2.14. The summed E-state index contributed by atoms with van der Waals surface area (Å²) < 4.78 is 0. The molecule has 0 aliphatic rings. The summed E-state index contributed by atoms with van der Waals surface area (Å²) in [7, 11) is 3.87. The smallest absolute Gasteiger partial charge is 0.149 e. The predicted molar refractivity (Wildman–Crippen MR) is 59.6 cm³/mol. The zero-order chi connectivity index (χ0) is 10.6. The number of anilines is 2. The first-order valence-corrected chi connectivity index (χ1v) is 4.52. The van der Waals surface area contributed by atoms with Crippen LogP contribution in [0.15, 0.2) is 25.0 Å². The highest BCUT2D eigenvalue weighted by atomic mass is 15.2. The SMILES string of the molecule is C=CC(C)Nc1cncc(N(C)C)n1. The summed E-state index contributed by atoms with van der Waals surface area (Å²) in [6.07, 6.45) is 5.25. The second-order valence-electron chi connectivity index (χ2n) is 3.33. The molecule has 1 aromatic rings. The lowest BCUT2D eigenvalue weighted by molar-refractivity contribution is 0.963. The van der Waals surface area contributed by atoms with Gasteiger partial charge in [0.25, 0.3) is 0 Å². The maximum Gasteiger partial charge on any atom is 0.149 e. The van der Waals surface area contributed by atoms with Crippen LogP contribution < -0.4 is 10.2 Å². The molecular formula is C10H16N4. The molecule has 0 spiro atoms. The third-order valence-electron chi connectivity index (χ3n) is 1.81. The van der Waals surface area contributed by atoms with Crippen LogP contribution in [0.25, 0.3) is 0 Å². The monoisotopic (exact) mass is 192 g/mol. The zero-order valence-electron chi connectivity index (χ0n) is 8.86. The molecule has 1 aromatic heterocycles. The lowest BCUT2D eigenvalue weighted by atomic mass is 10.3. The Kier molecular flexibility index (Phi) is 3.45. The minimum absolute atomic E-state index is 0.196. The minimum atomic E-state index is 0.196. The normalized spacial score (nSPS) is 11.9. The minimum Gasteiger partial charge on any atom is -0.363 e. The number of hydrogen-bond acceptors (Lipinski definition) is 4. The van der Waals surface area contributed by atoms with Crippen molar-refractivity contribution in [1.82, 2.24) is 9.97 Å². The van der Waals surface area contributed by atoms with Crippen molar-refractivity contribution in [1.29, 1.82) is 0 Å². The largest absolute Gasteiger partial charge is 0.363 e. The highest BCUT2D eigenvalue weighted by Gasteiger charge is 2.01. The molecule has 0 bridgehead atoms. The molecule has 0 fully saturated rings. The molecule has 76 valence electrons. The fourth-order valence-electron chi connectivity index (χ4n) is 0.933. The fraction of sp³-hybridized carbons (Fsp3) is 0.400. The van der Waals surface area contributed by atoms with E-state index < -0.39 is 0 Å². The van der Waals surface area contributed by atoms with Gasteiger partial charge in [-0.25, -0.2) is 4.98 Å². The van der Waals surface area contributed by atoms with Crippen LogP contribution in [0.3, 0.4) is 0 Å². The van der Waals surface area contributed by atoms with E-state index in [1.54, 1.807) is 12.4 Å². The van der Waals surface area contributed by atoms with E-state index in [2.05, 4.69) is 21.9 Å². The average molecular weight is 192 g/mol. The molecule has 0 aromatic carbocycles. The molecule has 1 heterocycles. The second kappa shape index (κ2) is 4.60. The maximum absolute atomic E-state index is 4.36. The van der Waals surface area contributed by atoms with E-state index in [0.717, 1.165) is 11.6 Å². The fourth-order valence-corrected chi connectivity index (χ4v) is 0.933. The van der Waals surface area contributed by atoms with Gasteiger partial charge >= 0.3 is 0 Å². The van der Waals surface area contributed by atoms with Gasteiger partial charge < -0.3 is 10.2 Å². The summed E-state index contributed by atoms with van der Waals surface area (Å²) in [5, 5.41) is 3.17. The molecule has 1 rings (SSSR count). The molecule has 0 radical (unpaired) electrons. The van der Waals surface area contributed by atoms with Gasteiger partial charge in [-0.05, 0) is 6.92 Å². The van der Waals surface area contributed by atoms with Gasteiger partial charge in [-0.1, -0.05) is 6.08 Å². The summed E-state index contributed by atoms with van der Waals surface area (Å²) in [5.74, 6) is 1.61. The Bertz CT molecular complexity index is 309. The Hall–Kier alpha value is -1.58. The first-order chi connectivity index (χ1) is 6.63. The lowest BCUT2D eigenvalue weighted by Crippen LogP contribution is -2.15. The van der Waals surface area contributed by atoms with E-state index in [-0.39, 0.29) is 6.04 Å². The van der Waals surface area contributed by atoms with Crippen molar-refractivity contribution in [2.24, 2.45) is 0 Å². The van der Waals surface area contributed by atoms with Gasteiger partial charge in [0.15, 0.2) is 0 Å². The number of aromatic nitrogens is 2. The molecular weight excluding hydrogens is 176 g/mol. The van der Waals surface area contributed by atoms with E-state index in [4.69, 9.17) is 0 Å². The van der Waals surface area contributed by atoms with Crippen molar-refractivity contribution in [3.63, 3.8) is 0 Å². The molecule has 0 saturated heterocycles. The number of hydrogen-bond donors (Lipinski definition) is 1. The Labute approximate surface area is 84.7 Å². The quantitative estimate of drug-likeness (QED) is 0.734. The van der Waals surface area contributed by atoms with Gasteiger partial charge in [0, 0.05) is 20.1 Å². The van der Waals surface area contributed by atoms with E-state index in [0.29, 0.717) is 0 Å². The molecule has 0 aliphatic carbocycles. The van der Waals surface area contributed by atoms with Crippen LogP contribution in [-0.4, -0.2) is 30.1 Å². The van der Waals surface area contributed by atoms with E-state index in [1.807, 2.05) is 32.0 Å². The first-order valence-electron chi connectivity index (χ1n) is 4.52. The van der Waals surface area contributed by atoms with E-state index in [1.165, 1.54) is 0 Å². The van der Waals surface area contributed by atoms with Crippen LogP contribution in [0.4, 0.5) is 11.6 Å². The highest BCUT2D eigenvalue weighted by molar-refractivity contribution is 5.43. The van der Waals surface area contributed by atoms with Crippen molar-refractivity contribution in [3.8, 4) is 0 Å². The summed E-state index contributed by atoms with van der Waals surface area (Å²) in [5.41, 5.74) is 0. The predicted octanol–water partition coefficient (Wildman–Crippen LogP) is 1.53. The summed E-state index contributed by atoms with van der Waals surface area (Å²) in [6, 6.07) is 0.196. The van der Waals surface area contributed by atoms with Gasteiger partial charge in [-0.15, -0.1) is 6.58 Å². The van der Waals surface area contributed by atoms with Crippen LogP contribution in [-0.2, 0) is 0 Å². The molecule has 14 heavy (non-hydrogen) atoms. The molecule has 1 atom stereocenters. The molecule has 1 N–H and O–H groups in total. The summed E-state index contributed by atoms with van der Waals surface area (Å²) >= 11 is 0. The Morgan fingerprint density at radius 1 is 1.50 bits per heavy atom. The van der Waals surface area contributed by atoms with Crippen LogP contribution in [0.2, 0.25) is 0 Å². The van der Waals surface area contributed by atoms with Crippen molar-refractivity contribution >= 4 is 11.6 Å². The van der Waals surface area contributed by atoms with Gasteiger partial charge in [-0.3, -0.25) is 4.98 Å². The van der Waals surface area contributed by atoms with Gasteiger partial charge in [0.2, 0.25) is 0 Å². The van der Waals surface area contributed by atoms with E-state index >= 15 is 0 Å². The number of nitrogens with one attached hydrogen (secondary N) is 1. The van der Waals surface area contributed by atoms with Crippen LogP contribution >= 0.6 is 0 Å². The third-order valence-corrected chi connectivity index (χ3v) is 1.81. The Balaban J connectivity index is 2.78. The summed E-state index contributed by atoms with van der Waals surface area (Å²) in [4.78, 5) is 10.4. The van der Waals surface area contributed by atoms with Gasteiger partial charge in [-0.2, -0.15) is 0 Å². The first kappa shape index (κ1) is 10.5. The van der Waals surface area contributed by atoms with Gasteiger partial charge in [0.1, 0.15) is 11.6 Å².